The van der Waals surface area contributed by atoms with Gasteiger partial charge in [0.1, 0.15) is 0 Å². The lowest BCUT2D eigenvalue weighted by Gasteiger charge is -2.01. The van der Waals surface area contributed by atoms with Gasteiger partial charge in [0.15, 0.2) is 5.69 Å². The number of aromatic nitrogens is 3. The Labute approximate surface area is 59.3 Å². The quantitative estimate of drug-likeness (QED) is 0.605. The Morgan fingerprint density at radius 2 is 1.91 bits per heavy atom. The average molecular weight is 164 g/mol. The molecule has 1 rings (SSSR count). The van der Waals surface area contributed by atoms with E-state index in [1.807, 2.05) is 0 Å². The van der Waals surface area contributed by atoms with E-state index in [-0.39, 0.29) is 5.95 Å². The predicted molar refractivity (Wildman–Crippen MR) is 29.2 cm³/mol. The lowest BCUT2D eigenvalue weighted by Crippen LogP contribution is -2.10. The van der Waals surface area contributed by atoms with Gasteiger partial charge in [0, 0.05) is 0 Å². The van der Waals surface area contributed by atoms with E-state index >= 15 is 0 Å². The first-order valence-corrected chi connectivity index (χ1v) is 2.52. The molecule has 0 amide bonds. The van der Waals surface area contributed by atoms with Gasteiger partial charge in [0.2, 0.25) is 5.95 Å². The van der Waals surface area contributed by atoms with Gasteiger partial charge in [-0.25, -0.2) is 4.98 Å². The molecule has 2 N–H and O–H groups in total. The van der Waals surface area contributed by atoms with Crippen LogP contribution in [-0.4, -0.2) is 15.2 Å². The third-order valence-corrected chi connectivity index (χ3v) is 0.870. The highest BCUT2D eigenvalue weighted by Gasteiger charge is 2.33. The topological polar surface area (TPSA) is 64.7 Å². The van der Waals surface area contributed by atoms with Gasteiger partial charge < -0.3 is 5.73 Å². The number of halogens is 3. The van der Waals surface area contributed by atoms with Crippen LogP contribution in [0.4, 0.5) is 19.1 Å². The van der Waals surface area contributed by atoms with Gasteiger partial charge >= 0.3 is 6.18 Å². The maximum Gasteiger partial charge on any atom is 0.436 e. The van der Waals surface area contributed by atoms with E-state index in [1.165, 1.54) is 0 Å². The highest BCUT2D eigenvalue weighted by Crippen LogP contribution is 2.25. The van der Waals surface area contributed by atoms with Gasteiger partial charge in [-0.1, -0.05) is 0 Å². The van der Waals surface area contributed by atoms with E-state index in [9.17, 15) is 13.2 Å². The van der Waals surface area contributed by atoms with Gasteiger partial charge in [-0.3, -0.25) is 0 Å². The minimum Gasteiger partial charge on any atom is -0.366 e. The van der Waals surface area contributed by atoms with Crippen LogP contribution in [0.15, 0.2) is 6.20 Å². The molecular formula is C4H3F3N4. The van der Waals surface area contributed by atoms with Crippen molar-refractivity contribution in [3.63, 3.8) is 0 Å². The molecular weight excluding hydrogens is 161 g/mol. The number of hydrogen-bond acceptors (Lipinski definition) is 4. The number of rotatable bonds is 0. The molecule has 0 aliphatic rings. The average Bonchev–Trinajstić information content (AvgIpc) is 1.86. The van der Waals surface area contributed by atoms with E-state index in [2.05, 4.69) is 15.2 Å². The van der Waals surface area contributed by atoms with E-state index in [1.54, 1.807) is 0 Å². The summed E-state index contributed by atoms with van der Waals surface area (Å²) in [5.41, 5.74) is 3.77. The summed E-state index contributed by atoms with van der Waals surface area (Å²) in [7, 11) is 0. The molecule has 11 heavy (non-hydrogen) atoms. The molecule has 0 fully saturated rings. The second kappa shape index (κ2) is 2.33. The van der Waals surface area contributed by atoms with Crippen LogP contribution in [0.3, 0.4) is 0 Å². The van der Waals surface area contributed by atoms with E-state index in [4.69, 9.17) is 5.73 Å². The minimum absolute atomic E-state index is 0.280. The maximum absolute atomic E-state index is 11.7. The lowest BCUT2D eigenvalue weighted by molar-refractivity contribution is -0.142. The molecule has 0 spiro atoms. The molecule has 0 saturated carbocycles. The molecule has 1 aromatic rings. The third-order valence-electron chi connectivity index (χ3n) is 0.870. The molecule has 7 heteroatoms. The van der Waals surface area contributed by atoms with Crippen molar-refractivity contribution >= 4 is 5.95 Å². The number of hydrogen-bond donors (Lipinski definition) is 1. The first kappa shape index (κ1) is 7.70. The molecule has 0 aliphatic heterocycles. The van der Waals surface area contributed by atoms with E-state index in [0.29, 0.717) is 6.20 Å². The smallest absolute Gasteiger partial charge is 0.366 e. The number of nitrogens with zero attached hydrogens (tertiary/aromatic N) is 3. The summed E-state index contributed by atoms with van der Waals surface area (Å²) in [5, 5.41) is 5.73. The van der Waals surface area contributed by atoms with Crippen molar-refractivity contribution in [2.45, 2.75) is 6.18 Å². The van der Waals surface area contributed by atoms with Crippen molar-refractivity contribution in [3.8, 4) is 0 Å². The summed E-state index contributed by atoms with van der Waals surface area (Å²) in [4.78, 5) is 3.13. The Hall–Kier alpha value is -1.40. The molecule has 4 nitrogen and oxygen atoms in total. The molecule has 0 saturated heterocycles. The number of alkyl halides is 3. The number of anilines is 1. The van der Waals surface area contributed by atoms with Gasteiger partial charge in [0.25, 0.3) is 0 Å². The fourth-order valence-corrected chi connectivity index (χ4v) is 0.414. The van der Waals surface area contributed by atoms with Crippen LogP contribution >= 0.6 is 0 Å². The minimum atomic E-state index is -4.51. The Balaban J connectivity index is 2.99. The summed E-state index contributed by atoms with van der Waals surface area (Å²) >= 11 is 0. The van der Waals surface area contributed by atoms with Gasteiger partial charge in [-0.15, -0.1) is 10.2 Å². The van der Waals surface area contributed by atoms with Crippen LogP contribution in [0.2, 0.25) is 0 Å². The normalized spacial score (nSPS) is 11.5. The van der Waals surface area contributed by atoms with Crippen molar-refractivity contribution in [1.29, 1.82) is 0 Å². The fourth-order valence-electron chi connectivity index (χ4n) is 0.414. The molecule has 0 aromatic carbocycles. The summed E-state index contributed by atoms with van der Waals surface area (Å²) in [6, 6.07) is 0. The first-order chi connectivity index (χ1) is 5.00. The monoisotopic (exact) mass is 164 g/mol. The zero-order valence-corrected chi connectivity index (χ0v) is 5.13. The van der Waals surface area contributed by atoms with Crippen LogP contribution in [-0.2, 0) is 6.18 Å². The molecule has 1 heterocycles. The molecule has 0 aliphatic carbocycles. The molecule has 0 atom stereocenters. The fraction of sp³-hybridized carbons (Fsp3) is 0.250. The Kier molecular flexibility index (Phi) is 1.63. The number of nitrogen functional groups attached to an aromatic ring is 1. The first-order valence-electron chi connectivity index (χ1n) is 2.52. The zero-order chi connectivity index (χ0) is 8.48. The molecule has 0 radical (unpaired) electrons. The van der Waals surface area contributed by atoms with Crippen LogP contribution in [0.25, 0.3) is 0 Å². The van der Waals surface area contributed by atoms with Crippen molar-refractivity contribution < 1.29 is 13.2 Å². The highest BCUT2D eigenvalue weighted by atomic mass is 19.4. The standard InChI is InChI=1S/C4H3F3N4/c5-4(6,7)2-1-9-3(8)11-10-2/h1H,(H2,8,9,11). The second-order valence-electron chi connectivity index (χ2n) is 1.70. The lowest BCUT2D eigenvalue weighted by atomic mass is 10.5. The highest BCUT2D eigenvalue weighted by molar-refractivity contribution is 5.12. The predicted octanol–water partition coefficient (Wildman–Crippen LogP) is 0.473. The van der Waals surface area contributed by atoms with Crippen molar-refractivity contribution in [3.05, 3.63) is 11.9 Å². The van der Waals surface area contributed by atoms with Crippen LogP contribution < -0.4 is 5.73 Å². The maximum atomic E-state index is 11.7. The Morgan fingerprint density at radius 1 is 1.27 bits per heavy atom. The van der Waals surface area contributed by atoms with Gasteiger partial charge in [0.05, 0.1) is 6.20 Å². The summed E-state index contributed by atoms with van der Waals surface area (Å²) in [5.74, 6) is -0.280. The third kappa shape index (κ3) is 1.76. The molecule has 1 aromatic heterocycles. The van der Waals surface area contributed by atoms with Crippen molar-refractivity contribution in [2.75, 3.05) is 5.73 Å². The van der Waals surface area contributed by atoms with E-state index < -0.39 is 11.9 Å². The Morgan fingerprint density at radius 3 is 2.27 bits per heavy atom. The molecule has 0 bridgehead atoms. The summed E-state index contributed by atoms with van der Waals surface area (Å²) < 4.78 is 35.2. The number of nitrogens with two attached hydrogens (primary N) is 1. The van der Waals surface area contributed by atoms with Gasteiger partial charge in [-0.2, -0.15) is 13.2 Å². The van der Waals surface area contributed by atoms with Crippen LogP contribution in [0, 0.1) is 0 Å². The Bertz CT molecular complexity index is 241. The largest absolute Gasteiger partial charge is 0.436 e. The van der Waals surface area contributed by atoms with Crippen LogP contribution in [0.5, 0.6) is 0 Å². The van der Waals surface area contributed by atoms with Crippen molar-refractivity contribution in [1.82, 2.24) is 15.2 Å². The zero-order valence-electron chi connectivity index (χ0n) is 5.13. The second-order valence-corrected chi connectivity index (χ2v) is 1.70. The summed E-state index contributed by atoms with van der Waals surface area (Å²) in [6.45, 7) is 0. The van der Waals surface area contributed by atoms with Gasteiger partial charge in [-0.05, 0) is 0 Å². The summed E-state index contributed by atoms with van der Waals surface area (Å²) in [6.07, 6.45) is -3.98. The van der Waals surface area contributed by atoms with Crippen LogP contribution in [0.1, 0.15) is 5.69 Å². The molecule has 0 unspecified atom stereocenters. The molecule has 60 valence electrons. The van der Waals surface area contributed by atoms with E-state index in [0.717, 1.165) is 0 Å². The SMILES string of the molecule is Nc1ncc(C(F)(F)F)nn1. The van der Waals surface area contributed by atoms with Crippen molar-refractivity contribution in [2.24, 2.45) is 0 Å².